The van der Waals surface area contributed by atoms with Gasteiger partial charge in [0.1, 0.15) is 19.8 Å². The number of nitrogens with zero attached hydrogens (tertiary/aromatic N) is 1. The number of allylic oxidation sites excluding steroid dienone is 16. The summed E-state index contributed by atoms with van der Waals surface area (Å²) in [6.07, 6.45) is 101. The van der Waals surface area contributed by atoms with E-state index in [1.165, 1.54) is 250 Å². The summed E-state index contributed by atoms with van der Waals surface area (Å²) >= 11 is 0. The highest BCUT2D eigenvalue weighted by Gasteiger charge is 2.22. The van der Waals surface area contributed by atoms with E-state index in [0.29, 0.717) is 17.4 Å². The van der Waals surface area contributed by atoms with Crippen molar-refractivity contribution < 1.29 is 42.1 Å². The molecule has 0 aromatic rings. The third-order valence-corrected chi connectivity index (χ3v) is 18.1. The van der Waals surface area contributed by atoms with Crippen LogP contribution in [0.4, 0.5) is 0 Å². The zero-order chi connectivity index (χ0) is 66.9. The Balaban J connectivity index is 3.93. The van der Waals surface area contributed by atoms with Crippen molar-refractivity contribution in [3.05, 3.63) is 97.2 Å². The van der Waals surface area contributed by atoms with Crippen molar-refractivity contribution in [1.82, 2.24) is 0 Å². The number of esters is 2. The van der Waals surface area contributed by atoms with Crippen LogP contribution >= 0.6 is 7.82 Å². The summed E-state index contributed by atoms with van der Waals surface area (Å²) in [5.74, 6) is -0.821. The largest absolute Gasteiger partial charge is 0.756 e. The quantitative estimate of drug-likeness (QED) is 0.0195. The molecule has 0 aromatic carbocycles. The van der Waals surface area contributed by atoms with E-state index in [1.54, 1.807) is 0 Å². The molecule has 0 spiro atoms. The first kappa shape index (κ1) is 88.9. The molecule has 0 aliphatic carbocycles. The third kappa shape index (κ3) is 76.0. The first-order chi connectivity index (χ1) is 45.0. The number of quaternary nitrogens is 1. The van der Waals surface area contributed by atoms with Crippen molar-refractivity contribution in [2.24, 2.45) is 0 Å². The number of likely N-dealkylation sites (N-methyl/N-ethyl adjacent to an activating group) is 1. The lowest BCUT2D eigenvalue weighted by Gasteiger charge is -2.28. The van der Waals surface area contributed by atoms with Crippen molar-refractivity contribution in [1.29, 1.82) is 0 Å². The van der Waals surface area contributed by atoms with E-state index in [0.717, 1.165) is 77.0 Å². The van der Waals surface area contributed by atoms with Crippen molar-refractivity contribution in [2.45, 2.75) is 367 Å². The van der Waals surface area contributed by atoms with Crippen LogP contribution in [-0.4, -0.2) is 70.0 Å². The minimum absolute atomic E-state index is 0.0315. The highest BCUT2D eigenvalue weighted by atomic mass is 31.2. The highest BCUT2D eigenvalue weighted by Crippen LogP contribution is 2.38. The second kappa shape index (κ2) is 72.2. The number of rotatable bonds is 72. The molecule has 0 aliphatic rings. The van der Waals surface area contributed by atoms with Gasteiger partial charge in [-0.05, 0) is 96.3 Å². The van der Waals surface area contributed by atoms with E-state index in [9.17, 15) is 19.0 Å². The summed E-state index contributed by atoms with van der Waals surface area (Å²) in [6.45, 7) is 4.16. The molecule has 9 nitrogen and oxygen atoms in total. The Labute approximate surface area is 570 Å². The summed E-state index contributed by atoms with van der Waals surface area (Å²) < 4.78 is 34.4. The van der Waals surface area contributed by atoms with Crippen molar-refractivity contribution in [3.63, 3.8) is 0 Å². The normalized spacial score (nSPS) is 13.6. The van der Waals surface area contributed by atoms with Gasteiger partial charge >= 0.3 is 11.9 Å². The van der Waals surface area contributed by atoms with Gasteiger partial charge in [0.25, 0.3) is 7.82 Å². The monoisotopic (exact) mass is 1310 g/mol. The van der Waals surface area contributed by atoms with Gasteiger partial charge in [0.2, 0.25) is 0 Å². The van der Waals surface area contributed by atoms with Gasteiger partial charge in [0.15, 0.2) is 6.10 Å². The fourth-order valence-electron chi connectivity index (χ4n) is 11.2. The zero-order valence-electron chi connectivity index (χ0n) is 61.0. The van der Waals surface area contributed by atoms with Crippen molar-refractivity contribution in [3.8, 4) is 0 Å². The Morgan fingerprint density at radius 3 is 0.924 bits per heavy atom. The molecule has 0 aromatic heterocycles. The number of phosphoric acid groups is 1. The van der Waals surface area contributed by atoms with E-state index in [-0.39, 0.29) is 32.0 Å². The van der Waals surface area contributed by atoms with Crippen LogP contribution < -0.4 is 4.89 Å². The molecular weight excluding hydrogens is 1160 g/mol. The van der Waals surface area contributed by atoms with Crippen LogP contribution in [0, 0.1) is 0 Å². The third-order valence-electron chi connectivity index (χ3n) is 17.1. The first-order valence-corrected chi connectivity index (χ1v) is 40.4. The van der Waals surface area contributed by atoms with Crippen LogP contribution in [0.2, 0.25) is 0 Å². The Morgan fingerprint density at radius 2 is 0.620 bits per heavy atom. The van der Waals surface area contributed by atoms with Crippen LogP contribution in [0.1, 0.15) is 361 Å². The lowest BCUT2D eigenvalue weighted by molar-refractivity contribution is -0.870. The van der Waals surface area contributed by atoms with E-state index >= 15 is 0 Å². The smallest absolute Gasteiger partial charge is 0.306 e. The molecule has 0 saturated heterocycles. The summed E-state index contributed by atoms with van der Waals surface area (Å²) in [5.41, 5.74) is 0. The molecule has 0 radical (unpaired) electrons. The molecule has 0 bridgehead atoms. The molecule has 92 heavy (non-hydrogen) atoms. The average molecular weight is 1310 g/mol. The average Bonchev–Trinajstić information content (AvgIpc) is 2.23. The van der Waals surface area contributed by atoms with Crippen LogP contribution in [-0.2, 0) is 32.7 Å². The number of phosphoric ester groups is 1. The number of carbonyl (C=O) groups excluding carboxylic acids is 2. The van der Waals surface area contributed by atoms with Crippen molar-refractivity contribution >= 4 is 19.8 Å². The molecule has 2 atom stereocenters. The first-order valence-electron chi connectivity index (χ1n) is 38.9. The fraction of sp³-hybridized carbons (Fsp3) is 0.780. The van der Waals surface area contributed by atoms with E-state index < -0.39 is 26.5 Å². The molecule has 0 amide bonds. The predicted octanol–water partition coefficient (Wildman–Crippen LogP) is 25.2. The second-order valence-corrected chi connectivity index (χ2v) is 28.8. The van der Waals surface area contributed by atoms with Crippen LogP contribution in [0.25, 0.3) is 0 Å². The van der Waals surface area contributed by atoms with Gasteiger partial charge in [-0.25, -0.2) is 0 Å². The number of carbonyl (C=O) groups is 2. The maximum Gasteiger partial charge on any atom is 0.306 e. The van der Waals surface area contributed by atoms with Crippen LogP contribution in [0.3, 0.4) is 0 Å². The van der Waals surface area contributed by atoms with E-state index in [2.05, 4.69) is 111 Å². The zero-order valence-corrected chi connectivity index (χ0v) is 61.9. The molecule has 0 saturated carbocycles. The predicted molar refractivity (Wildman–Crippen MR) is 397 cm³/mol. The molecule has 0 fully saturated rings. The lowest BCUT2D eigenvalue weighted by Crippen LogP contribution is -2.37. The Kier molecular flexibility index (Phi) is 69.8. The van der Waals surface area contributed by atoms with Gasteiger partial charge in [0, 0.05) is 12.8 Å². The standard InChI is InChI=1S/C82H148NO8P/c1-6-8-10-12-14-16-18-20-22-24-26-28-30-32-34-35-36-37-38-39-40-41-42-43-44-45-46-47-49-51-53-55-57-59-61-63-65-67-69-71-73-75-82(85)91-80(79-90-92(86,87)89-77-76-83(3,4)5)78-88-81(84)74-72-70-68-66-64-62-60-58-56-54-52-50-48-33-31-29-27-25-23-21-19-17-15-13-11-9-7-2/h8,10,14,16,19-22,25-28,31-34,80H,6-7,9,11-13,15,17-18,23-24,29-30,35-79H2,1-5H3/b10-8-,16-14-,21-19-,22-20-,27-25-,28-26-,33-31-,34-32-. The number of hydrogen-bond acceptors (Lipinski definition) is 8. The van der Waals surface area contributed by atoms with Crippen molar-refractivity contribution in [2.75, 3.05) is 47.5 Å². The van der Waals surface area contributed by atoms with Gasteiger partial charge in [-0.15, -0.1) is 0 Å². The molecule has 2 unspecified atom stereocenters. The maximum atomic E-state index is 12.9. The molecule has 0 rings (SSSR count). The molecular formula is C82H148NO8P. The number of ether oxygens (including phenoxy) is 2. The van der Waals surface area contributed by atoms with Gasteiger partial charge in [-0.3, -0.25) is 14.2 Å². The van der Waals surface area contributed by atoms with Gasteiger partial charge in [0.05, 0.1) is 27.7 Å². The molecule has 534 valence electrons. The van der Waals surface area contributed by atoms with Gasteiger partial charge in [-0.2, -0.15) is 0 Å². The minimum Gasteiger partial charge on any atom is -0.756 e. The SMILES string of the molecule is CC/C=C\C/C=C\C/C=C\C/C=C\C/C=C\CCCCCCCCCCCCCCCCCCCCCCCCCCCC(=O)OC(COC(=O)CCCCCCCCCCCCCC/C=C\C/C=C\C/C=C\CCCCCCC)COP(=O)([O-])OCC[N+](C)(C)C. The van der Waals surface area contributed by atoms with Gasteiger partial charge in [-0.1, -0.05) is 349 Å². The highest BCUT2D eigenvalue weighted by molar-refractivity contribution is 7.45. The topological polar surface area (TPSA) is 111 Å². The summed E-state index contributed by atoms with van der Waals surface area (Å²) in [7, 11) is 1.18. The second-order valence-electron chi connectivity index (χ2n) is 27.3. The Morgan fingerprint density at radius 1 is 0.348 bits per heavy atom. The van der Waals surface area contributed by atoms with Gasteiger partial charge < -0.3 is 27.9 Å². The Bertz CT molecular complexity index is 1880. The number of unbranched alkanes of at least 4 members (excludes halogenated alkanes) is 42. The summed E-state index contributed by atoms with van der Waals surface area (Å²) in [4.78, 5) is 38.1. The van der Waals surface area contributed by atoms with Crippen LogP contribution in [0.15, 0.2) is 97.2 Å². The Hall–Kier alpha value is -3.07. The minimum atomic E-state index is -4.65. The lowest BCUT2D eigenvalue weighted by atomic mass is 10.0. The fourth-order valence-corrected chi connectivity index (χ4v) is 11.9. The number of hydrogen-bond donors (Lipinski definition) is 0. The van der Waals surface area contributed by atoms with Crippen LogP contribution in [0.5, 0.6) is 0 Å². The van der Waals surface area contributed by atoms with E-state index in [1.807, 2.05) is 21.1 Å². The summed E-state index contributed by atoms with van der Waals surface area (Å²) in [5, 5.41) is 0. The molecule has 10 heteroatoms. The molecule has 0 N–H and O–H groups in total. The summed E-state index contributed by atoms with van der Waals surface area (Å²) in [6, 6.07) is 0. The maximum absolute atomic E-state index is 12.9. The molecule has 0 heterocycles. The van der Waals surface area contributed by atoms with E-state index in [4.69, 9.17) is 18.5 Å². The molecule has 0 aliphatic heterocycles.